The predicted octanol–water partition coefficient (Wildman–Crippen LogP) is 2.91. The standard InChI is InChI=1S/C24H41N3O3/c1-18-15-25(16-19(2)30-18)17-20-10-13-26(14-11-20)24(29)22-9-6-12-27(22)23(28)21-7-4-3-5-8-21/h18-22H,3-17H2,1-2H3. The van der Waals surface area contributed by atoms with E-state index in [2.05, 4.69) is 23.6 Å². The fraction of sp³-hybridized carbons (Fsp3) is 0.917. The summed E-state index contributed by atoms with van der Waals surface area (Å²) in [7, 11) is 0. The van der Waals surface area contributed by atoms with Crippen molar-refractivity contribution in [1.82, 2.24) is 14.7 Å². The van der Waals surface area contributed by atoms with Crippen LogP contribution >= 0.6 is 0 Å². The Balaban J connectivity index is 1.26. The number of hydrogen-bond donors (Lipinski definition) is 0. The van der Waals surface area contributed by atoms with E-state index < -0.39 is 0 Å². The summed E-state index contributed by atoms with van der Waals surface area (Å²) in [5, 5.41) is 0. The highest BCUT2D eigenvalue weighted by atomic mass is 16.5. The number of rotatable bonds is 4. The fourth-order valence-electron chi connectivity index (χ4n) is 6.22. The zero-order valence-electron chi connectivity index (χ0n) is 19.1. The summed E-state index contributed by atoms with van der Waals surface area (Å²) >= 11 is 0. The van der Waals surface area contributed by atoms with E-state index in [0.717, 1.165) is 90.6 Å². The lowest BCUT2D eigenvalue weighted by atomic mass is 9.88. The molecule has 170 valence electrons. The van der Waals surface area contributed by atoms with Crippen LogP contribution in [0.5, 0.6) is 0 Å². The Kier molecular flexibility index (Phi) is 7.35. The summed E-state index contributed by atoms with van der Waals surface area (Å²) in [5.74, 6) is 1.30. The zero-order chi connectivity index (χ0) is 21.1. The number of carbonyl (C=O) groups is 2. The smallest absolute Gasteiger partial charge is 0.245 e. The first-order valence-electron chi connectivity index (χ1n) is 12.5. The van der Waals surface area contributed by atoms with Crippen molar-refractivity contribution in [3.05, 3.63) is 0 Å². The molecule has 6 nitrogen and oxygen atoms in total. The minimum absolute atomic E-state index is 0.163. The van der Waals surface area contributed by atoms with Crippen LogP contribution in [0.15, 0.2) is 0 Å². The second kappa shape index (κ2) is 9.99. The number of piperidine rings is 1. The summed E-state index contributed by atoms with van der Waals surface area (Å²) in [6.45, 7) is 9.94. The lowest BCUT2D eigenvalue weighted by Gasteiger charge is -2.40. The average Bonchev–Trinajstić information content (AvgIpc) is 3.23. The first kappa shape index (κ1) is 22.1. The third-order valence-electron chi connectivity index (χ3n) is 7.71. The lowest BCUT2D eigenvalue weighted by molar-refractivity contribution is -0.147. The average molecular weight is 420 g/mol. The summed E-state index contributed by atoms with van der Waals surface area (Å²) < 4.78 is 5.86. The maximum absolute atomic E-state index is 13.3. The van der Waals surface area contributed by atoms with Crippen molar-refractivity contribution < 1.29 is 14.3 Å². The van der Waals surface area contributed by atoms with Crippen LogP contribution in [0.4, 0.5) is 0 Å². The molecule has 4 rings (SSSR count). The molecule has 3 aliphatic heterocycles. The number of likely N-dealkylation sites (tertiary alicyclic amines) is 2. The molecule has 3 heterocycles. The van der Waals surface area contributed by atoms with Gasteiger partial charge in [-0.1, -0.05) is 19.3 Å². The van der Waals surface area contributed by atoms with Gasteiger partial charge in [0, 0.05) is 45.2 Å². The van der Waals surface area contributed by atoms with Crippen molar-refractivity contribution in [2.45, 2.75) is 89.9 Å². The van der Waals surface area contributed by atoms with Crippen molar-refractivity contribution in [2.75, 3.05) is 39.3 Å². The molecule has 0 aromatic carbocycles. The van der Waals surface area contributed by atoms with Gasteiger partial charge in [-0.25, -0.2) is 0 Å². The van der Waals surface area contributed by atoms with Gasteiger partial charge in [-0.15, -0.1) is 0 Å². The van der Waals surface area contributed by atoms with Crippen LogP contribution in [0, 0.1) is 11.8 Å². The van der Waals surface area contributed by atoms with Gasteiger partial charge in [0.2, 0.25) is 11.8 Å². The van der Waals surface area contributed by atoms with E-state index in [0.29, 0.717) is 18.1 Å². The van der Waals surface area contributed by atoms with Crippen LogP contribution in [0.3, 0.4) is 0 Å². The van der Waals surface area contributed by atoms with Gasteiger partial charge in [0.05, 0.1) is 12.2 Å². The maximum atomic E-state index is 13.3. The van der Waals surface area contributed by atoms with Gasteiger partial charge in [-0.05, 0) is 58.3 Å². The van der Waals surface area contributed by atoms with E-state index in [9.17, 15) is 9.59 Å². The van der Waals surface area contributed by atoms with E-state index >= 15 is 0 Å². The number of carbonyl (C=O) groups excluding carboxylic acids is 2. The Bertz CT molecular complexity index is 589. The minimum atomic E-state index is -0.197. The maximum Gasteiger partial charge on any atom is 0.245 e. The van der Waals surface area contributed by atoms with E-state index in [-0.39, 0.29) is 23.8 Å². The number of morpholine rings is 1. The second-order valence-corrected chi connectivity index (χ2v) is 10.3. The van der Waals surface area contributed by atoms with Crippen molar-refractivity contribution in [2.24, 2.45) is 11.8 Å². The SMILES string of the molecule is CC1CN(CC2CCN(C(=O)C3CCCN3C(=O)C3CCCCC3)CC2)CC(C)O1. The van der Waals surface area contributed by atoms with Gasteiger partial charge in [0.15, 0.2) is 0 Å². The molecule has 0 aromatic rings. The topological polar surface area (TPSA) is 53.1 Å². The molecule has 3 unspecified atom stereocenters. The second-order valence-electron chi connectivity index (χ2n) is 10.3. The first-order chi connectivity index (χ1) is 14.5. The molecule has 4 fully saturated rings. The monoisotopic (exact) mass is 419 g/mol. The van der Waals surface area contributed by atoms with E-state index in [1.54, 1.807) is 0 Å². The van der Waals surface area contributed by atoms with Crippen molar-refractivity contribution in [3.63, 3.8) is 0 Å². The van der Waals surface area contributed by atoms with Gasteiger partial charge in [0.25, 0.3) is 0 Å². The van der Waals surface area contributed by atoms with Gasteiger partial charge >= 0.3 is 0 Å². The van der Waals surface area contributed by atoms with E-state index in [1.807, 2.05) is 4.90 Å². The number of ether oxygens (including phenoxy) is 1. The summed E-state index contributed by atoms with van der Waals surface area (Å²) in [6, 6.07) is -0.197. The zero-order valence-corrected chi connectivity index (χ0v) is 19.1. The molecule has 0 spiro atoms. The molecular formula is C24H41N3O3. The van der Waals surface area contributed by atoms with Crippen molar-refractivity contribution in [3.8, 4) is 0 Å². The van der Waals surface area contributed by atoms with Crippen LogP contribution < -0.4 is 0 Å². The molecule has 2 amide bonds. The molecule has 30 heavy (non-hydrogen) atoms. The van der Waals surface area contributed by atoms with Gasteiger partial charge in [-0.2, -0.15) is 0 Å². The molecule has 0 bridgehead atoms. The van der Waals surface area contributed by atoms with Crippen LogP contribution in [0.1, 0.15) is 71.6 Å². The van der Waals surface area contributed by atoms with Crippen LogP contribution in [-0.4, -0.2) is 84.0 Å². The molecule has 3 atom stereocenters. The number of nitrogens with zero attached hydrogens (tertiary/aromatic N) is 3. The van der Waals surface area contributed by atoms with Gasteiger partial charge in [-0.3, -0.25) is 14.5 Å². The lowest BCUT2D eigenvalue weighted by Crippen LogP contribution is -2.52. The third-order valence-corrected chi connectivity index (χ3v) is 7.71. The highest BCUT2D eigenvalue weighted by Gasteiger charge is 2.40. The van der Waals surface area contributed by atoms with Crippen molar-refractivity contribution >= 4 is 11.8 Å². The summed E-state index contributed by atoms with van der Waals surface area (Å²) in [4.78, 5) is 32.9. The van der Waals surface area contributed by atoms with Gasteiger partial charge in [0.1, 0.15) is 6.04 Å². The normalized spacial score (nSPS) is 32.5. The van der Waals surface area contributed by atoms with E-state index in [1.165, 1.54) is 6.42 Å². The Morgan fingerprint density at radius 3 is 2.13 bits per heavy atom. The third kappa shape index (κ3) is 5.18. The Hall–Kier alpha value is -1.14. The first-order valence-corrected chi connectivity index (χ1v) is 12.5. The molecule has 6 heteroatoms. The fourth-order valence-corrected chi connectivity index (χ4v) is 6.22. The highest BCUT2D eigenvalue weighted by molar-refractivity contribution is 5.89. The molecule has 1 aliphatic carbocycles. The van der Waals surface area contributed by atoms with E-state index in [4.69, 9.17) is 4.74 Å². The Labute approximate surface area is 182 Å². The molecule has 4 aliphatic rings. The molecular weight excluding hydrogens is 378 g/mol. The number of hydrogen-bond acceptors (Lipinski definition) is 4. The molecule has 0 N–H and O–H groups in total. The van der Waals surface area contributed by atoms with Crippen LogP contribution in [0.25, 0.3) is 0 Å². The summed E-state index contributed by atoms with van der Waals surface area (Å²) in [6.07, 6.45) is 10.2. The molecule has 0 radical (unpaired) electrons. The number of amides is 2. The minimum Gasteiger partial charge on any atom is -0.373 e. The summed E-state index contributed by atoms with van der Waals surface area (Å²) in [5.41, 5.74) is 0. The highest BCUT2D eigenvalue weighted by Crippen LogP contribution is 2.30. The van der Waals surface area contributed by atoms with Crippen LogP contribution in [0.2, 0.25) is 0 Å². The largest absolute Gasteiger partial charge is 0.373 e. The van der Waals surface area contributed by atoms with Gasteiger partial charge < -0.3 is 14.5 Å². The molecule has 0 aromatic heterocycles. The Morgan fingerprint density at radius 2 is 1.47 bits per heavy atom. The molecule has 3 saturated heterocycles. The van der Waals surface area contributed by atoms with Crippen molar-refractivity contribution in [1.29, 1.82) is 0 Å². The molecule has 1 saturated carbocycles. The quantitative estimate of drug-likeness (QED) is 0.703. The Morgan fingerprint density at radius 1 is 0.800 bits per heavy atom. The van der Waals surface area contributed by atoms with Crippen LogP contribution in [-0.2, 0) is 14.3 Å². The predicted molar refractivity (Wildman–Crippen MR) is 117 cm³/mol.